The zero-order valence-electron chi connectivity index (χ0n) is 16.1. The number of nitrogens with two attached hydrogens (primary N) is 2. The molecule has 146 valence electrons. The Morgan fingerprint density at radius 1 is 1.32 bits per heavy atom. The molecule has 0 amide bonds. The topological polar surface area (TPSA) is 114 Å². The third-order valence-electron chi connectivity index (χ3n) is 5.45. The Balaban J connectivity index is 1.59. The van der Waals surface area contributed by atoms with Crippen molar-refractivity contribution in [1.29, 1.82) is 5.41 Å². The second-order valence-electron chi connectivity index (χ2n) is 7.52. The van der Waals surface area contributed by atoms with E-state index in [0.717, 1.165) is 37.4 Å². The number of hydrogen-bond donors (Lipinski definition) is 3. The number of hydrogen-bond acceptors (Lipinski definition) is 7. The maximum atomic E-state index is 8.67. The van der Waals surface area contributed by atoms with Crippen molar-refractivity contribution in [2.24, 2.45) is 5.73 Å². The molecule has 1 aliphatic heterocycles. The molecule has 4 rings (SSSR count). The molecule has 5 N–H and O–H groups in total. The SMILES string of the molecule is CCC1(Oc2ccc(N)c(C(=N)c3cc(N4CC=C[C@H](N)C4)ncn3)c2)CC1. The van der Waals surface area contributed by atoms with Gasteiger partial charge in [-0.25, -0.2) is 9.97 Å². The average molecular weight is 378 g/mol. The van der Waals surface area contributed by atoms with Crippen LogP contribution in [0.25, 0.3) is 0 Å². The minimum Gasteiger partial charge on any atom is -0.487 e. The summed E-state index contributed by atoms with van der Waals surface area (Å²) in [6.07, 6.45) is 8.63. The number of aromatic nitrogens is 2. The summed E-state index contributed by atoms with van der Waals surface area (Å²) in [5, 5.41) is 8.67. The molecule has 2 heterocycles. The van der Waals surface area contributed by atoms with E-state index in [1.54, 1.807) is 6.07 Å². The fraction of sp³-hybridized carbons (Fsp3) is 0.381. The van der Waals surface area contributed by atoms with Crippen LogP contribution in [-0.2, 0) is 0 Å². The van der Waals surface area contributed by atoms with Crippen molar-refractivity contribution >= 4 is 17.2 Å². The predicted molar refractivity (Wildman–Crippen MR) is 111 cm³/mol. The van der Waals surface area contributed by atoms with Gasteiger partial charge in [0, 0.05) is 36.4 Å². The van der Waals surface area contributed by atoms with Crippen molar-refractivity contribution in [3.05, 3.63) is 54.0 Å². The summed E-state index contributed by atoms with van der Waals surface area (Å²) in [5.41, 5.74) is 14.1. The van der Waals surface area contributed by atoms with Crippen LogP contribution in [0.1, 0.15) is 37.4 Å². The van der Waals surface area contributed by atoms with Crippen molar-refractivity contribution in [2.75, 3.05) is 23.7 Å². The fourth-order valence-electron chi connectivity index (χ4n) is 3.47. The number of nitrogens with zero attached hydrogens (tertiary/aromatic N) is 3. The van der Waals surface area contributed by atoms with E-state index in [9.17, 15) is 0 Å². The molecule has 1 aromatic heterocycles. The van der Waals surface area contributed by atoms with Crippen LogP contribution >= 0.6 is 0 Å². The number of anilines is 2. The first-order valence-corrected chi connectivity index (χ1v) is 9.67. The number of rotatable bonds is 6. The highest BCUT2D eigenvalue weighted by molar-refractivity contribution is 6.13. The lowest BCUT2D eigenvalue weighted by Crippen LogP contribution is -2.40. The first-order valence-electron chi connectivity index (χ1n) is 9.67. The number of benzene rings is 1. The lowest BCUT2D eigenvalue weighted by Gasteiger charge is -2.28. The predicted octanol–water partition coefficient (Wildman–Crippen LogP) is 2.50. The lowest BCUT2D eigenvalue weighted by molar-refractivity contribution is 0.174. The Morgan fingerprint density at radius 3 is 2.86 bits per heavy atom. The Labute approximate surface area is 164 Å². The molecule has 1 atom stereocenters. The van der Waals surface area contributed by atoms with Crippen LogP contribution in [0.5, 0.6) is 5.75 Å². The highest BCUT2D eigenvalue weighted by Gasteiger charge is 2.43. The van der Waals surface area contributed by atoms with E-state index in [0.29, 0.717) is 23.5 Å². The number of nitrogen functional groups attached to an aromatic ring is 1. The Bertz CT molecular complexity index is 921. The van der Waals surface area contributed by atoms with Crippen molar-refractivity contribution in [2.45, 2.75) is 37.8 Å². The molecule has 1 saturated carbocycles. The molecular formula is C21H26N6O. The average Bonchev–Trinajstić information content (AvgIpc) is 3.49. The van der Waals surface area contributed by atoms with Gasteiger partial charge in [-0.15, -0.1) is 0 Å². The standard InChI is InChI=1S/C21H26N6O/c1-2-21(7-8-21)28-15-5-6-17(23)16(10-15)20(24)18-11-19(26-13-25-18)27-9-3-4-14(22)12-27/h3-6,10-11,13-14,24H,2,7-9,12,22-23H2,1H3/t14-/m0/s1. The van der Waals surface area contributed by atoms with Crippen LogP contribution in [0.4, 0.5) is 11.5 Å². The molecule has 2 aromatic rings. The fourth-order valence-corrected chi connectivity index (χ4v) is 3.47. The highest BCUT2D eigenvalue weighted by atomic mass is 16.5. The van der Waals surface area contributed by atoms with Gasteiger partial charge < -0.3 is 21.1 Å². The molecule has 1 aromatic carbocycles. The number of ether oxygens (including phenoxy) is 1. The maximum Gasteiger partial charge on any atom is 0.132 e. The van der Waals surface area contributed by atoms with Crippen LogP contribution in [0.2, 0.25) is 0 Å². The molecule has 0 spiro atoms. The molecule has 1 fully saturated rings. The quantitative estimate of drug-likeness (QED) is 0.404. The van der Waals surface area contributed by atoms with E-state index in [1.807, 2.05) is 30.4 Å². The molecule has 2 aliphatic rings. The van der Waals surface area contributed by atoms with Crippen molar-refractivity contribution in [1.82, 2.24) is 9.97 Å². The first kappa shape index (κ1) is 18.4. The van der Waals surface area contributed by atoms with Crippen LogP contribution in [-0.4, -0.2) is 40.4 Å². The smallest absolute Gasteiger partial charge is 0.132 e. The van der Waals surface area contributed by atoms with Gasteiger partial charge in [-0.05, 0) is 37.5 Å². The summed E-state index contributed by atoms with van der Waals surface area (Å²) in [6.45, 7) is 3.56. The van der Waals surface area contributed by atoms with E-state index >= 15 is 0 Å². The molecule has 0 unspecified atom stereocenters. The second kappa shape index (κ2) is 7.24. The van der Waals surface area contributed by atoms with E-state index in [2.05, 4.69) is 21.8 Å². The minimum absolute atomic E-state index is 0.0237. The first-order chi connectivity index (χ1) is 13.5. The van der Waals surface area contributed by atoms with Crippen LogP contribution in [0.3, 0.4) is 0 Å². The van der Waals surface area contributed by atoms with Gasteiger partial charge in [0.2, 0.25) is 0 Å². The molecule has 7 nitrogen and oxygen atoms in total. The van der Waals surface area contributed by atoms with Gasteiger partial charge in [0.1, 0.15) is 23.5 Å². The van der Waals surface area contributed by atoms with Crippen molar-refractivity contribution < 1.29 is 4.74 Å². The third-order valence-corrected chi connectivity index (χ3v) is 5.45. The lowest BCUT2D eigenvalue weighted by atomic mass is 10.0. The van der Waals surface area contributed by atoms with Gasteiger partial charge in [-0.3, -0.25) is 5.41 Å². The van der Waals surface area contributed by atoms with Gasteiger partial charge in [-0.2, -0.15) is 0 Å². The third kappa shape index (κ3) is 3.71. The monoisotopic (exact) mass is 378 g/mol. The number of nitrogens with one attached hydrogen (secondary N) is 1. The molecule has 0 saturated heterocycles. The Morgan fingerprint density at radius 2 is 2.14 bits per heavy atom. The molecular weight excluding hydrogens is 352 g/mol. The Hall–Kier alpha value is -2.93. The van der Waals surface area contributed by atoms with Crippen molar-refractivity contribution in [3.63, 3.8) is 0 Å². The summed E-state index contributed by atoms with van der Waals surface area (Å²) >= 11 is 0. The van der Waals surface area contributed by atoms with E-state index < -0.39 is 0 Å². The van der Waals surface area contributed by atoms with Gasteiger partial charge in [0.25, 0.3) is 0 Å². The molecule has 0 radical (unpaired) electrons. The molecule has 1 aliphatic carbocycles. The van der Waals surface area contributed by atoms with E-state index in [4.69, 9.17) is 21.6 Å². The summed E-state index contributed by atoms with van der Waals surface area (Å²) in [5.74, 6) is 1.50. The van der Waals surface area contributed by atoms with Gasteiger partial charge in [0.15, 0.2) is 0 Å². The normalized spacial score (nSPS) is 20.1. The van der Waals surface area contributed by atoms with Crippen molar-refractivity contribution in [3.8, 4) is 5.75 Å². The zero-order chi connectivity index (χ0) is 19.7. The second-order valence-corrected chi connectivity index (χ2v) is 7.52. The molecule has 7 heteroatoms. The summed E-state index contributed by atoms with van der Waals surface area (Å²) in [6, 6.07) is 7.30. The minimum atomic E-state index is -0.0434. The largest absolute Gasteiger partial charge is 0.487 e. The van der Waals surface area contributed by atoms with Gasteiger partial charge in [-0.1, -0.05) is 19.1 Å². The van der Waals surface area contributed by atoms with Gasteiger partial charge in [0.05, 0.1) is 11.4 Å². The van der Waals surface area contributed by atoms with Gasteiger partial charge >= 0.3 is 0 Å². The zero-order valence-corrected chi connectivity index (χ0v) is 16.1. The highest BCUT2D eigenvalue weighted by Crippen LogP contribution is 2.43. The van der Waals surface area contributed by atoms with Crippen LogP contribution in [0, 0.1) is 5.41 Å². The summed E-state index contributed by atoms with van der Waals surface area (Å²) in [4.78, 5) is 10.7. The molecule has 0 bridgehead atoms. The van der Waals surface area contributed by atoms with Crippen LogP contribution < -0.4 is 21.1 Å². The van der Waals surface area contributed by atoms with E-state index in [1.165, 1.54) is 6.33 Å². The molecule has 28 heavy (non-hydrogen) atoms. The summed E-state index contributed by atoms with van der Waals surface area (Å²) < 4.78 is 6.16. The van der Waals surface area contributed by atoms with E-state index in [-0.39, 0.29) is 17.4 Å². The Kier molecular flexibility index (Phi) is 4.77. The van der Waals surface area contributed by atoms with Crippen LogP contribution in [0.15, 0.2) is 42.7 Å². The maximum absolute atomic E-state index is 8.67. The summed E-state index contributed by atoms with van der Waals surface area (Å²) in [7, 11) is 0.